The molecule has 6 heteroatoms. The first-order chi connectivity index (χ1) is 14.8. The normalized spacial score (nSPS) is 24.2. The number of carbonyl (C=O) groups is 1. The number of carbonyl (C=O) groups excluding carboxylic acids is 1. The van der Waals surface area contributed by atoms with Gasteiger partial charge in [-0.1, -0.05) is 31.9 Å². The van der Waals surface area contributed by atoms with Gasteiger partial charge in [0.05, 0.1) is 6.61 Å². The van der Waals surface area contributed by atoms with E-state index in [1.165, 1.54) is 6.42 Å². The van der Waals surface area contributed by atoms with Crippen LogP contribution in [0.2, 0.25) is 5.02 Å². The first-order valence-electron chi connectivity index (χ1n) is 11.9. The van der Waals surface area contributed by atoms with E-state index < -0.39 is 0 Å². The number of piperazine rings is 1. The number of ether oxygens (including phenoxy) is 1. The zero-order valence-corrected chi connectivity index (χ0v) is 20.6. The van der Waals surface area contributed by atoms with Crippen molar-refractivity contribution >= 4 is 17.5 Å². The minimum atomic E-state index is -0.139. The standard InChI is InChI=1S/C25H40ClN3O2/c1-5-20(2)17-28-10-6-9-25(18-28,16-24(30)29-13-11-27(4)12-14-29)19-31-22-7-8-23(26)21(3)15-22/h7-8,15,20H,5-6,9-14,16-19H2,1-4H3. The van der Waals surface area contributed by atoms with Crippen molar-refractivity contribution < 1.29 is 9.53 Å². The van der Waals surface area contributed by atoms with Crippen LogP contribution in [0, 0.1) is 18.3 Å². The molecule has 2 fully saturated rings. The third kappa shape index (κ3) is 6.84. The largest absolute Gasteiger partial charge is 0.493 e. The molecule has 2 unspecified atom stereocenters. The molecule has 0 spiro atoms. The van der Waals surface area contributed by atoms with Gasteiger partial charge in [0.25, 0.3) is 0 Å². The molecular formula is C25H40ClN3O2. The lowest BCUT2D eigenvalue weighted by molar-refractivity contribution is -0.137. The first-order valence-corrected chi connectivity index (χ1v) is 12.3. The summed E-state index contributed by atoms with van der Waals surface area (Å²) < 4.78 is 6.31. The van der Waals surface area contributed by atoms with Crippen LogP contribution >= 0.6 is 11.6 Å². The number of piperidine rings is 1. The Hall–Kier alpha value is -1.30. The number of likely N-dealkylation sites (tertiary alicyclic amines) is 1. The molecule has 0 radical (unpaired) electrons. The van der Waals surface area contributed by atoms with Crippen LogP contribution in [0.25, 0.3) is 0 Å². The molecule has 3 rings (SSSR count). The summed E-state index contributed by atoms with van der Waals surface area (Å²) in [4.78, 5) is 20.2. The van der Waals surface area contributed by atoms with Crippen LogP contribution in [0.15, 0.2) is 18.2 Å². The van der Waals surface area contributed by atoms with Gasteiger partial charge < -0.3 is 19.4 Å². The SMILES string of the molecule is CCC(C)CN1CCCC(COc2ccc(Cl)c(C)c2)(CC(=O)N2CCN(C)CC2)C1. The first kappa shape index (κ1) is 24.3. The van der Waals surface area contributed by atoms with Crippen LogP contribution in [0.4, 0.5) is 0 Å². The average Bonchev–Trinajstić information content (AvgIpc) is 2.75. The van der Waals surface area contributed by atoms with Gasteiger partial charge in [0.15, 0.2) is 0 Å². The molecular weight excluding hydrogens is 410 g/mol. The number of nitrogens with zero attached hydrogens (tertiary/aromatic N) is 3. The van der Waals surface area contributed by atoms with Gasteiger partial charge in [-0.2, -0.15) is 0 Å². The minimum Gasteiger partial charge on any atom is -0.493 e. The highest BCUT2D eigenvalue weighted by Crippen LogP contribution is 2.36. The van der Waals surface area contributed by atoms with E-state index in [0.717, 1.165) is 75.0 Å². The third-order valence-electron chi connectivity index (χ3n) is 7.06. The Morgan fingerprint density at radius 2 is 1.97 bits per heavy atom. The smallest absolute Gasteiger partial charge is 0.223 e. The number of hydrogen-bond donors (Lipinski definition) is 0. The summed E-state index contributed by atoms with van der Waals surface area (Å²) in [6, 6.07) is 5.83. The predicted octanol–water partition coefficient (Wildman–Crippen LogP) is 4.32. The second kappa shape index (κ2) is 11.0. The Kier molecular flexibility index (Phi) is 8.65. The summed E-state index contributed by atoms with van der Waals surface area (Å²) in [5.74, 6) is 1.80. The Balaban J connectivity index is 1.72. The molecule has 0 saturated carbocycles. The molecule has 5 nitrogen and oxygen atoms in total. The number of amides is 1. The van der Waals surface area contributed by atoms with Crippen molar-refractivity contribution in [3.63, 3.8) is 0 Å². The van der Waals surface area contributed by atoms with Gasteiger partial charge in [-0.3, -0.25) is 4.79 Å². The molecule has 1 aromatic rings. The summed E-state index contributed by atoms with van der Waals surface area (Å²) in [6.45, 7) is 13.9. The fourth-order valence-electron chi connectivity index (χ4n) is 4.78. The third-order valence-corrected chi connectivity index (χ3v) is 7.49. The van der Waals surface area contributed by atoms with Crippen LogP contribution in [-0.2, 0) is 4.79 Å². The minimum absolute atomic E-state index is 0.139. The zero-order chi connectivity index (χ0) is 22.4. The lowest BCUT2D eigenvalue weighted by atomic mass is 9.77. The number of hydrogen-bond acceptors (Lipinski definition) is 4. The van der Waals surface area contributed by atoms with E-state index in [4.69, 9.17) is 16.3 Å². The van der Waals surface area contributed by atoms with Gasteiger partial charge in [0.1, 0.15) is 5.75 Å². The number of benzene rings is 1. The molecule has 0 N–H and O–H groups in total. The van der Waals surface area contributed by atoms with Crippen molar-refractivity contribution in [3.05, 3.63) is 28.8 Å². The van der Waals surface area contributed by atoms with E-state index in [1.54, 1.807) is 0 Å². The zero-order valence-electron chi connectivity index (χ0n) is 19.8. The predicted molar refractivity (Wildman–Crippen MR) is 128 cm³/mol. The number of likely N-dealkylation sites (N-methyl/N-ethyl adjacent to an activating group) is 1. The van der Waals surface area contributed by atoms with E-state index in [9.17, 15) is 4.79 Å². The summed E-state index contributed by atoms with van der Waals surface area (Å²) in [7, 11) is 2.12. The van der Waals surface area contributed by atoms with Gasteiger partial charge in [0.2, 0.25) is 5.91 Å². The lowest BCUT2D eigenvalue weighted by Crippen LogP contribution is -2.52. The van der Waals surface area contributed by atoms with Gasteiger partial charge in [0, 0.05) is 56.1 Å². The van der Waals surface area contributed by atoms with Gasteiger partial charge in [-0.05, 0) is 63.0 Å². The number of halogens is 1. The molecule has 174 valence electrons. The molecule has 2 aliphatic rings. The van der Waals surface area contributed by atoms with Crippen molar-refractivity contribution in [2.45, 2.75) is 46.5 Å². The molecule has 1 amide bonds. The highest BCUT2D eigenvalue weighted by molar-refractivity contribution is 6.31. The fourth-order valence-corrected chi connectivity index (χ4v) is 4.90. The summed E-state index contributed by atoms with van der Waals surface area (Å²) >= 11 is 6.19. The number of rotatable bonds is 8. The van der Waals surface area contributed by atoms with Gasteiger partial charge in [-0.25, -0.2) is 0 Å². The fraction of sp³-hybridized carbons (Fsp3) is 0.720. The molecule has 0 aliphatic carbocycles. The Labute approximate surface area is 193 Å². The van der Waals surface area contributed by atoms with Crippen molar-refractivity contribution in [1.29, 1.82) is 0 Å². The van der Waals surface area contributed by atoms with Crippen molar-refractivity contribution in [2.75, 3.05) is 59.5 Å². The van der Waals surface area contributed by atoms with E-state index >= 15 is 0 Å². The molecule has 2 aliphatic heterocycles. The van der Waals surface area contributed by atoms with Crippen LogP contribution in [0.5, 0.6) is 5.75 Å². The maximum atomic E-state index is 13.3. The highest BCUT2D eigenvalue weighted by atomic mass is 35.5. The summed E-state index contributed by atoms with van der Waals surface area (Å²) in [6.07, 6.45) is 3.91. The maximum absolute atomic E-state index is 13.3. The maximum Gasteiger partial charge on any atom is 0.223 e. The molecule has 0 bridgehead atoms. The molecule has 1 aromatic carbocycles. The van der Waals surface area contributed by atoms with Crippen molar-refractivity contribution in [2.24, 2.45) is 11.3 Å². The lowest BCUT2D eigenvalue weighted by Gasteiger charge is -2.44. The topological polar surface area (TPSA) is 36.0 Å². The van der Waals surface area contributed by atoms with Crippen molar-refractivity contribution in [1.82, 2.24) is 14.7 Å². The van der Waals surface area contributed by atoms with Crippen LogP contribution in [-0.4, -0.2) is 80.1 Å². The molecule has 2 atom stereocenters. The molecule has 31 heavy (non-hydrogen) atoms. The van der Waals surface area contributed by atoms with Crippen LogP contribution in [0.1, 0.15) is 45.1 Å². The Morgan fingerprint density at radius 1 is 1.23 bits per heavy atom. The van der Waals surface area contributed by atoms with Gasteiger partial charge in [-0.15, -0.1) is 0 Å². The van der Waals surface area contributed by atoms with E-state index in [-0.39, 0.29) is 11.3 Å². The Bertz CT molecular complexity index is 735. The van der Waals surface area contributed by atoms with Gasteiger partial charge >= 0.3 is 0 Å². The number of aryl methyl sites for hydroxylation is 1. The molecule has 2 saturated heterocycles. The van der Waals surface area contributed by atoms with E-state index in [0.29, 0.717) is 18.9 Å². The molecule has 2 heterocycles. The summed E-state index contributed by atoms with van der Waals surface area (Å²) in [5, 5.41) is 0.754. The quantitative estimate of drug-likeness (QED) is 0.592. The van der Waals surface area contributed by atoms with Crippen LogP contribution in [0.3, 0.4) is 0 Å². The second-order valence-corrected chi connectivity index (χ2v) is 10.3. The van der Waals surface area contributed by atoms with E-state index in [2.05, 4.69) is 35.6 Å². The average molecular weight is 450 g/mol. The van der Waals surface area contributed by atoms with Crippen molar-refractivity contribution in [3.8, 4) is 5.75 Å². The monoisotopic (exact) mass is 449 g/mol. The van der Waals surface area contributed by atoms with Crippen LogP contribution < -0.4 is 4.74 Å². The molecule has 0 aromatic heterocycles. The van der Waals surface area contributed by atoms with E-state index in [1.807, 2.05) is 25.1 Å². The highest BCUT2D eigenvalue weighted by Gasteiger charge is 2.40. The second-order valence-electron chi connectivity index (χ2n) is 9.91. The summed E-state index contributed by atoms with van der Waals surface area (Å²) in [5.41, 5.74) is 0.878. The Morgan fingerprint density at radius 3 is 2.65 bits per heavy atom.